The van der Waals surface area contributed by atoms with Gasteiger partial charge in [-0.1, -0.05) is 74.9 Å². The van der Waals surface area contributed by atoms with Gasteiger partial charge in [-0.15, -0.1) is 11.8 Å². The maximum absolute atomic E-state index is 4.17. The third kappa shape index (κ3) is 5.74. The number of aromatic nitrogens is 2. The largest absolute Gasteiger partial charge is 0.337 e. The van der Waals surface area contributed by atoms with Crippen LogP contribution in [0.25, 0.3) is 0 Å². The number of nitrogens with zero attached hydrogens (tertiary/aromatic N) is 2. The molecule has 27 heavy (non-hydrogen) atoms. The Bertz CT molecular complexity index is 812. The van der Waals surface area contributed by atoms with Crippen LogP contribution in [-0.4, -0.2) is 9.55 Å². The molecule has 1 heterocycles. The van der Waals surface area contributed by atoms with Crippen molar-refractivity contribution in [2.75, 3.05) is 0 Å². The molecule has 3 aromatic rings. The Morgan fingerprint density at radius 3 is 2.30 bits per heavy atom. The third-order valence-corrected chi connectivity index (χ3v) is 6.34. The number of benzene rings is 2. The van der Waals surface area contributed by atoms with Crippen molar-refractivity contribution in [1.29, 1.82) is 0 Å². The van der Waals surface area contributed by atoms with Crippen LogP contribution in [0.2, 0.25) is 0 Å². The van der Waals surface area contributed by atoms with E-state index in [-0.39, 0.29) is 5.41 Å². The second-order valence-electron chi connectivity index (χ2n) is 8.25. The molecule has 3 rings (SSSR count). The van der Waals surface area contributed by atoms with Gasteiger partial charge in [0.25, 0.3) is 0 Å². The Labute approximate surface area is 168 Å². The van der Waals surface area contributed by atoms with Crippen LogP contribution in [0, 0.1) is 6.92 Å². The van der Waals surface area contributed by atoms with Crippen molar-refractivity contribution >= 4 is 11.8 Å². The average molecular weight is 379 g/mol. The van der Waals surface area contributed by atoms with Crippen LogP contribution in [0.15, 0.2) is 67.3 Å². The molecule has 2 nitrogen and oxygen atoms in total. The normalized spacial score (nSPS) is 12.9. The van der Waals surface area contributed by atoms with Gasteiger partial charge in [0.05, 0.1) is 6.33 Å². The smallest absolute Gasteiger partial charge is 0.0945 e. The lowest BCUT2D eigenvalue weighted by Gasteiger charge is -2.22. The van der Waals surface area contributed by atoms with Crippen LogP contribution in [0.1, 0.15) is 54.7 Å². The molecular formula is C24H30N2S. The number of aryl methyl sites for hydroxylation is 2. The van der Waals surface area contributed by atoms with Crippen molar-refractivity contribution in [3.05, 3.63) is 89.5 Å². The first-order valence-electron chi connectivity index (χ1n) is 9.65. The second-order valence-corrected chi connectivity index (χ2v) is 9.44. The fourth-order valence-corrected chi connectivity index (χ4v) is 4.32. The maximum atomic E-state index is 4.17. The highest BCUT2D eigenvalue weighted by Gasteiger charge is 2.16. The molecule has 0 bridgehead atoms. The second kappa shape index (κ2) is 8.79. The van der Waals surface area contributed by atoms with E-state index in [2.05, 4.69) is 85.8 Å². The summed E-state index contributed by atoms with van der Waals surface area (Å²) in [5.74, 6) is 1.04. The first-order chi connectivity index (χ1) is 12.9. The van der Waals surface area contributed by atoms with E-state index in [1.165, 1.54) is 22.3 Å². The first kappa shape index (κ1) is 19.8. The summed E-state index contributed by atoms with van der Waals surface area (Å²) in [7, 11) is 0. The minimum absolute atomic E-state index is 0.194. The van der Waals surface area contributed by atoms with Gasteiger partial charge in [0, 0.05) is 29.9 Å². The van der Waals surface area contributed by atoms with Crippen LogP contribution in [0.5, 0.6) is 0 Å². The van der Waals surface area contributed by atoms with E-state index in [1.54, 1.807) is 0 Å². The third-order valence-electron chi connectivity index (χ3n) is 4.93. The van der Waals surface area contributed by atoms with Gasteiger partial charge in [-0.3, -0.25) is 0 Å². The molecular weight excluding hydrogens is 348 g/mol. The molecule has 0 aliphatic carbocycles. The molecule has 0 fully saturated rings. The molecule has 0 saturated heterocycles. The van der Waals surface area contributed by atoms with Crippen LogP contribution in [0.4, 0.5) is 0 Å². The maximum Gasteiger partial charge on any atom is 0.0945 e. The van der Waals surface area contributed by atoms with Gasteiger partial charge >= 0.3 is 0 Å². The summed E-state index contributed by atoms with van der Waals surface area (Å²) in [6.07, 6.45) is 6.91. The van der Waals surface area contributed by atoms with Gasteiger partial charge in [0.1, 0.15) is 0 Å². The number of imidazole rings is 1. The van der Waals surface area contributed by atoms with Crippen molar-refractivity contribution in [2.24, 2.45) is 0 Å². The summed E-state index contributed by atoms with van der Waals surface area (Å²) in [6.45, 7) is 9.94. The van der Waals surface area contributed by atoms with Gasteiger partial charge in [-0.05, 0) is 35.4 Å². The number of thioether (sulfide) groups is 1. The summed E-state index contributed by atoms with van der Waals surface area (Å²) < 4.78 is 2.17. The minimum atomic E-state index is 0.194. The van der Waals surface area contributed by atoms with Crippen molar-refractivity contribution in [3.63, 3.8) is 0 Å². The zero-order valence-corrected chi connectivity index (χ0v) is 17.7. The predicted molar refractivity (Wildman–Crippen MR) is 117 cm³/mol. The van der Waals surface area contributed by atoms with E-state index in [0.29, 0.717) is 5.25 Å². The summed E-state index contributed by atoms with van der Waals surface area (Å²) >= 11 is 2.04. The molecule has 0 aliphatic heterocycles. The predicted octanol–water partition coefficient (Wildman–Crippen LogP) is 6.55. The van der Waals surface area contributed by atoms with Crippen LogP contribution >= 0.6 is 11.8 Å². The lowest BCUT2D eigenvalue weighted by molar-refractivity contribution is 0.589. The molecule has 0 saturated carbocycles. The molecule has 1 unspecified atom stereocenters. The summed E-state index contributed by atoms with van der Waals surface area (Å²) in [5.41, 5.74) is 5.71. The van der Waals surface area contributed by atoms with Crippen LogP contribution in [0.3, 0.4) is 0 Å². The summed E-state index contributed by atoms with van der Waals surface area (Å²) in [6, 6.07) is 18.1. The number of hydrogen-bond donors (Lipinski definition) is 0. The van der Waals surface area contributed by atoms with Crippen LogP contribution in [-0.2, 0) is 17.7 Å². The molecule has 3 heteroatoms. The fourth-order valence-electron chi connectivity index (χ4n) is 3.11. The molecule has 0 radical (unpaired) electrons. The summed E-state index contributed by atoms with van der Waals surface area (Å²) in [4.78, 5) is 4.17. The SMILES string of the molecule is Cc1ccc(CSC(CCn2ccnc2)c2ccc(C(C)(C)C)cc2)cc1. The molecule has 0 amide bonds. The Morgan fingerprint density at radius 2 is 1.70 bits per heavy atom. The zero-order chi connectivity index (χ0) is 19.3. The number of rotatable bonds is 7. The van der Waals surface area contributed by atoms with Gasteiger partial charge in [-0.2, -0.15) is 0 Å². The topological polar surface area (TPSA) is 17.8 Å². The van der Waals surface area contributed by atoms with Crippen molar-refractivity contribution in [2.45, 2.75) is 57.1 Å². The lowest BCUT2D eigenvalue weighted by atomic mass is 9.86. The molecule has 0 aliphatic rings. The fraction of sp³-hybridized carbons (Fsp3) is 0.375. The van der Waals surface area contributed by atoms with Crippen molar-refractivity contribution < 1.29 is 0 Å². The molecule has 1 atom stereocenters. The number of hydrogen-bond acceptors (Lipinski definition) is 2. The first-order valence-corrected chi connectivity index (χ1v) is 10.7. The van der Waals surface area contributed by atoms with E-state index in [1.807, 2.05) is 30.5 Å². The van der Waals surface area contributed by atoms with E-state index >= 15 is 0 Å². The van der Waals surface area contributed by atoms with Gasteiger partial charge in [0.15, 0.2) is 0 Å². The highest BCUT2D eigenvalue weighted by Crippen LogP contribution is 2.36. The van der Waals surface area contributed by atoms with E-state index < -0.39 is 0 Å². The van der Waals surface area contributed by atoms with E-state index in [9.17, 15) is 0 Å². The highest BCUT2D eigenvalue weighted by atomic mass is 32.2. The molecule has 1 aromatic heterocycles. The Kier molecular flexibility index (Phi) is 6.43. The molecule has 2 aromatic carbocycles. The van der Waals surface area contributed by atoms with Crippen molar-refractivity contribution in [1.82, 2.24) is 9.55 Å². The molecule has 0 spiro atoms. The minimum Gasteiger partial charge on any atom is -0.337 e. The highest BCUT2D eigenvalue weighted by molar-refractivity contribution is 7.98. The standard InChI is InChI=1S/C24H30N2S/c1-19-5-7-20(8-6-19)17-27-23(13-15-26-16-14-25-18-26)21-9-11-22(12-10-21)24(2,3)4/h5-12,14,16,18,23H,13,15,17H2,1-4H3. The molecule has 0 N–H and O–H groups in total. The van der Waals surface area contributed by atoms with Crippen LogP contribution < -0.4 is 0 Å². The van der Waals surface area contributed by atoms with Crippen molar-refractivity contribution in [3.8, 4) is 0 Å². The zero-order valence-electron chi connectivity index (χ0n) is 16.9. The Balaban J connectivity index is 1.72. The average Bonchev–Trinajstić information content (AvgIpc) is 3.16. The Hall–Kier alpha value is -2.00. The van der Waals surface area contributed by atoms with Gasteiger partial charge in [-0.25, -0.2) is 4.98 Å². The lowest BCUT2D eigenvalue weighted by Crippen LogP contribution is -2.11. The van der Waals surface area contributed by atoms with Gasteiger partial charge < -0.3 is 4.57 Å². The van der Waals surface area contributed by atoms with Gasteiger partial charge in [0.2, 0.25) is 0 Å². The quantitative estimate of drug-likeness (QED) is 0.464. The summed E-state index contributed by atoms with van der Waals surface area (Å²) in [5, 5.41) is 0.475. The molecule has 142 valence electrons. The van der Waals surface area contributed by atoms with E-state index in [0.717, 1.165) is 18.7 Å². The Morgan fingerprint density at radius 1 is 1.00 bits per heavy atom. The van der Waals surface area contributed by atoms with E-state index in [4.69, 9.17) is 0 Å². The monoisotopic (exact) mass is 378 g/mol.